The molecule has 0 amide bonds. The van der Waals surface area contributed by atoms with Crippen molar-refractivity contribution >= 4 is 5.97 Å². The number of nitrogens with one attached hydrogen (secondary N) is 1. The maximum Gasteiger partial charge on any atom is 0.325 e. The zero-order chi connectivity index (χ0) is 15.7. The van der Waals surface area contributed by atoms with E-state index in [1.807, 2.05) is 6.92 Å². The highest BCUT2D eigenvalue weighted by Crippen LogP contribution is 2.16. The summed E-state index contributed by atoms with van der Waals surface area (Å²) in [6.45, 7) is 10.9. The van der Waals surface area contributed by atoms with Gasteiger partial charge in [-0.1, -0.05) is 13.8 Å². The number of ether oxygens (including phenoxy) is 2. The summed E-state index contributed by atoms with van der Waals surface area (Å²) in [6, 6.07) is 0. The lowest BCUT2D eigenvalue weighted by atomic mass is 9.95. The van der Waals surface area contributed by atoms with E-state index in [2.05, 4.69) is 24.1 Å². The Balaban J connectivity index is 2.40. The van der Waals surface area contributed by atoms with Crippen molar-refractivity contribution in [2.24, 2.45) is 0 Å². The topological polar surface area (TPSA) is 50.8 Å². The van der Waals surface area contributed by atoms with E-state index in [0.717, 1.165) is 58.5 Å². The van der Waals surface area contributed by atoms with Crippen LogP contribution in [0.5, 0.6) is 0 Å². The second-order valence-corrected chi connectivity index (χ2v) is 6.06. The fourth-order valence-electron chi connectivity index (χ4n) is 2.78. The van der Waals surface area contributed by atoms with E-state index in [1.54, 1.807) is 0 Å². The van der Waals surface area contributed by atoms with Crippen molar-refractivity contribution in [2.75, 3.05) is 39.9 Å². The molecule has 1 aliphatic heterocycles. The van der Waals surface area contributed by atoms with E-state index in [1.165, 1.54) is 7.11 Å². The highest BCUT2D eigenvalue weighted by Gasteiger charge is 2.33. The summed E-state index contributed by atoms with van der Waals surface area (Å²) in [5, 5.41) is 3.34. The largest absolute Gasteiger partial charge is 0.468 e. The molecule has 124 valence electrons. The second kappa shape index (κ2) is 9.38. The quantitative estimate of drug-likeness (QED) is 0.658. The van der Waals surface area contributed by atoms with Crippen LogP contribution in [0.15, 0.2) is 0 Å². The van der Waals surface area contributed by atoms with E-state index in [-0.39, 0.29) is 5.97 Å². The minimum absolute atomic E-state index is 0.163. The maximum atomic E-state index is 12.0. The molecule has 1 fully saturated rings. The van der Waals surface area contributed by atoms with Crippen LogP contribution in [0.3, 0.4) is 0 Å². The van der Waals surface area contributed by atoms with Gasteiger partial charge in [0.25, 0.3) is 0 Å². The van der Waals surface area contributed by atoms with E-state index < -0.39 is 5.54 Å². The molecule has 1 saturated heterocycles. The summed E-state index contributed by atoms with van der Waals surface area (Å²) in [5.41, 5.74) is -0.568. The molecular weight excluding hydrogens is 268 g/mol. The molecule has 0 saturated carbocycles. The molecule has 2 atom stereocenters. The third-order valence-corrected chi connectivity index (χ3v) is 4.23. The summed E-state index contributed by atoms with van der Waals surface area (Å²) in [5.74, 6) is -0.163. The molecule has 0 bridgehead atoms. The van der Waals surface area contributed by atoms with Gasteiger partial charge in [0, 0.05) is 13.1 Å². The van der Waals surface area contributed by atoms with Crippen LogP contribution >= 0.6 is 0 Å². The number of carbonyl (C=O) groups is 1. The van der Waals surface area contributed by atoms with Crippen LogP contribution in [-0.4, -0.2) is 62.4 Å². The van der Waals surface area contributed by atoms with Gasteiger partial charge in [0.15, 0.2) is 0 Å². The Hall–Kier alpha value is -0.650. The van der Waals surface area contributed by atoms with Crippen molar-refractivity contribution in [3.05, 3.63) is 0 Å². The zero-order valence-electron chi connectivity index (χ0n) is 14.1. The SMILES string of the molecule is CCCNC(C)(CCCN1CCOC(CC)C1)C(=O)OC. The summed E-state index contributed by atoms with van der Waals surface area (Å²) in [4.78, 5) is 14.4. The van der Waals surface area contributed by atoms with E-state index in [9.17, 15) is 4.79 Å². The standard InChI is InChI=1S/C16H32N2O3/c1-5-9-17-16(3,15(19)20-4)8-7-10-18-11-12-21-14(6-2)13-18/h14,17H,5-13H2,1-4H3. The van der Waals surface area contributed by atoms with Crippen molar-refractivity contribution < 1.29 is 14.3 Å². The summed E-state index contributed by atoms with van der Waals surface area (Å²) in [6.07, 6.45) is 4.22. The van der Waals surface area contributed by atoms with Gasteiger partial charge in [-0.05, 0) is 45.7 Å². The molecule has 21 heavy (non-hydrogen) atoms. The molecule has 0 aromatic rings. The molecule has 2 unspecified atom stereocenters. The molecule has 5 heteroatoms. The van der Waals surface area contributed by atoms with Gasteiger partial charge in [0.2, 0.25) is 0 Å². The zero-order valence-corrected chi connectivity index (χ0v) is 14.1. The summed E-state index contributed by atoms with van der Waals surface area (Å²) in [7, 11) is 1.46. The Morgan fingerprint density at radius 3 is 2.86 bits per heavy atom. The first-order chi connectivity index (χ1) is 10.1. The molecule has 1 N–H and O–H groups in total. The van der Waals surface area contributed by atoms with Gasteiger partial charge in [0.1, 0.15) is 5.54 Å². The minimum atomic E-state index is -0.568. The highest BCUT2D eigenvalue weighted by molar-refractivity contribution is 5.80. The lowest BCUT2D eigenvalue weighted by Crippen LogP contribution is -2.51. The number of morpholine rings is 1. The minimum Gasteiger partial charge on any atom is -0.468 e. The summed E-state index contributed by atoms with van der Waals surface area (Å²) < 4.78 is 10.6. The molecule has 0 radical (unpaired) electrons. The van der Waals surface area contributed by atoms with Crippen LogP contribution in [0.25, 0.3) is 0 Å². The van der Waals surface area contributed by atoms with Crippen molar-refractivity contribution in [3.8, 4) is 0 Å². The molecule has 0 spiro atoms. The molecule has 0 aliphatic carbocycles. The Bertz CT molecular complexity index is 312. The fourth-order valence-corrected chi connectivity index (χ4v) is 2.78. The third-order valence-electron chi connectivity index (χ3n) is 4.23. The van der Waals surface area contributed by atoms with Crippen LogP contribution in [0.1, 0.15) is 46.5 Å². The van der Waals surface area contributed by atoms with Gasteiger partial charge in [-0.3, -0.25) is 9.69 Å². The summed E-state index contributed by atoms with van der Waals surface area (Å²) >= 11 is 0. The third kappa shape index (κ3) is 5.93. The molecule has 1 heterocycles. The van der Waals surface area contributed by atoms with Crippen molar-refractivity contribution in [1.29, 1.82) is 0 Å². The number of nitrogens with zero attached hydrogens (tertiary/aromatic N) is 1. The second-order valence-electron chi connectivity index (χ2n) is 6.06. The monoisotopic (exact) mass is 300 g/mol. The molecule has 5 nitrogen and oxygen atoms in total. The van der Waals surface area contributed by atoms with Gasteiger partial charge < -0.3 is 14.8 Å². The van der Waals surface area contributed by atoms with Crippen molar-refractivity contribution in [3.63, 3.8) is 0 Å². The first-order valence-electron chi connectivity index (χ1n) is 8.23. The normalized spacial score (nSPS) is 22.8. The van der Waals surface area contributed by atoms with Crippen molar-refractivity contribution in [2.45, 2.75) is 58.1 Å². The first kappa shape index (κ1) is 18.4. The van der Waals surface area contributed by atoms with Crippen LogP contribution in [-0.2, 0) is 14.3 Å². The van der Waals surface area contributed by atoms with Gasteiger partial charge >= 0.3 is 5.97 Å². The number of carbonyl (C=O) groups excluding carboxylic acids is 1. The fraction of sp³-hybridized carbons (Fsp3) is 0.938. The van der Waals surface area contributed by atoms with Crippen LogP contribution in [0.2, 0.25) is 0 Å². The molecular formula is C16H32N2O3. The number of hydrogen-bond donors (Lipinski definition) is 1. The number of hydrogen-bond acceptors (Lipinski definition) is 5. The molecule has 1 aliphatic rings. The molecule has 1 rings (SSSR count). The molecule has 0 aromatic heterocycles. The number of esters is 1. The predicted octanol–water partition coefficient (Wildman–Crippen LogP) is 1.81. The van der Waals surface area contributed by atoms with Gasteiger partial charge in [0.05, 0.1) is 19.8 Å². The van der Waals surface area contributed by atoms with E-state index in [4.69, 9.17) is 9.47 Å². The average Bonchev–Trinajstić information content (AvgIpc) is 2.52. The Labute approximate surface area is 129 Å². The maximum absolute atomic E-state index is 12.0. The van der Waals surface area contributed by atoms with Crippen LogP contribution < -0.4 is 5.32 Å². The number of methoxy groups -OCH3 is 1. The van der Waals surface area contributed by atoms with Crippen molar-refractivity contribution in [1.82, 2.24) is 10.2 Å². The van der Waals surface area contributed by atoms with Gasteiger partial charge in [-0.2, -0.15) is 0 Å². The average molecular weight is 300 g/mol. The smallest absolute Gasteiger partial charge is 0.325 e. The lowest BCUT2D eigenvalue weighted by molar-refractivity contribution is -0.148. The van der Waals surface area contributed by atoms with E-state index in [0.29, 0.717) is 6.10 Å². The van der Waals surface area contributed by atoms with Gasteiger partial charge in [-0.25, -0.2) is 0 Å². The Kier molecular flexibility index (Phi) is 8.22. The lowest BCUT2D eigenvalue weighted by Gasteiger charge is -2.34. The first-order valence-corrected chi connectivity index (χ1v) is 8.23. The van der Waals surface area contributed by atoms with E-state index >= 15 is 0 Å². The van der Waals surface area contributed by atoms with Crippen LogP contribution in [0.4, 0.5) is 0 Å². The highest BCUT2D eigenvalue weighted by atomic mass is 16.5. The molecule has 0 aromatic carbocycles. The Morgan fingerprint density at radius 1 is 1.48 bits per heavy atom. The predicted molar refractivity (Wildman–Crippen MR) is 84.4 cm³/mol. The number of rotatable bonds is 9. The Morgan fingerprint density at radius 2 is 2.24 bits per heavy atom. The van der Waals surface area contributed by atoms with Gasteiger partial charge in [-0.15, -0.1) is 0 Å². The van der Waals surface area contributed by atoms with Crippen LogP contribution in [0, 0.1) is 0 Å².